The second-order valence-corrected chi connectivity index (χ2v) is 4.79. The minimum absolute atomic E-state index is 0.626. The predicted octanol–water partition coefficient (Wildman–Crippen LogP) is 3.16. The molecule has 0 atom stereocenters. The molecule has 21 heavy (non-hydrogen) atoms. The topological polar surface area (TPSA) is 64.8 Å². The molecular weight excluding hydrogens is 262 g/mol. The molecule has 2 aromatic rings. The first-order valence-electron chi connectivity index (χ1n) is 6.90. The summed E-state index contributed by atoms with van der Waals surface area (Å²) in [6, 6.07) is 9.72. The van der Waals surface area contributed by atoms with E-state index in [1.165, 1.54) is 0 Å². The van der Waals surface area contributed by atoms with E-state index in [0.717, 1.165) is 29.4 Å². The van der Waals surface area contributed by atoms with Gasteiger partial charge < -0.3 is 10.2 Å². The van der Waals surface area contributed by atoms with Crippen molar-refractivity contribution in [2.45, 2.75) is 20.8 Å². The van der Waals surface area contributed by atoms with E-state index in [4.69, 9.17) is 0 Å². The molecule has 0 saturated heterocycles. The molecular formula is C16H19N5. The highest BCUT2D eigenvalue weighted by Crippen LogP contribution is 2.30. The van der Waals surface area contributed by atoms with Crippen molar-refractivity contribution in [3.05, 3.63) is 41.2 Å². The number of benzene rings is 1. The molecule has 108 valence electrons. The first-order chi connectivity index (χ1) is 10.1. The summed E-state index contributed by atoms with van der Waals surface area (Å²) in [5.41, 5.74) is 2.43. The van der Waals surface area contributed by atoms with Gasteiger partial charge in [0.05, 0.1) is 11.3 Å². The van der Waals surface area contributed by atoms with Crippen LogP contribution in [0.25, 0.3) is 0 Å². The maximum absolute atomic E-state index is 9.26. The van der Waals surface area contributed by atoms with Crippen LogP contribution < -0.4 is 10.2 Å². The van der Waals surface area contributed by atoms with Crippen LogP contribution in [0, 0.1) is 25.2 Å². The molecule has 5 nitrogen and oxygen atoms in total. The Hall–Kier alpha value is -2.61. The molecule has 1 aromatic carbocycles. The van der Waals surface area contributed by atoms with E-state index in [-0.39, 0.29) is 0 Å². The zero-order valence-corrected chi connectivity index (χ0v) is 12.8. The van der Waals surface area contributed by atoms with Crippen LogP contribution in [0.5, 0.6) is 0 Å². The van der Waals surface area contributed by atoms with E-state index in [2.05, 4.69) is 21.4 Å². The molecule has 0 aliphatic heterocycles. The fourth-order valence-corrected chi connectivity index (χ4v) is 2.25. The first-order valence-corrected chi connectivity index (χ1v) is 6.90. The maximum atomic E-state index is 9.26. The van der Waals surface area contributed by atoms with Crippen molar-refractivity contribution in [3.8, 4) is 6.07 Å². The van der Waals surface area contributed by atoms with Crippen LogP contribution >= 0.6 is 0 Å². The standard InChI is InChI=1S/C16H19N5/c1-5-18-15-11(2)16(20-12(3)19-15)21(4)14-9-7-6-8-13(14)10-17/h6-9H,5H2,1-4H3,(H,18,19,20). The Labute approximate surface area is 125 Å². The summed E-state index contributed by atoms with van der Waals surface area (Å²) in [4.78, 5) is 10.9. The molecule has 1 N–H and O–H groups in total. The lowest BCUT2D eigenvalue weighted by Gasteiger charge is -2.23. The minimum Gasteiger partial charge on any atom is -0.370 e. The first kappa shape index (κ1) is 14.8. The molecule has 2 rings (SSSR count). The molecule has 0 fully saturated rings. The molecule has 5 heteroatoms. The quantitative estimate of drug-likeness (QED) is 0.932. The molecule has 0 aliphatic rings. The van der Waals surface area contributed by atoms with Crippen LogP contribution in [-0.2, 0) is 0 Å². The van der Waals surface area contributed by atoms with Crippen molar-refractivity contribution in [2.24, 2.45) is 0 Å². The number of rotatable bonds is 4. The van der Waals surface area contributed by atoms with Crippen molar-refractivity contribution in [2.75, 3.05) is 23.8 Å². The highest BCUT2D eigenvalue weighted by Gasteiger charge is 2.16. The van der Waals surface area contributed by atoms with E-state index in [1.807, 2.05) is 50.9 Å². The molecule has 0 spiro atoms. The van der Waals surface area contributed by atoms with Gasteiger partial charge in [0.2, 0.25) is 0 Å². The predicted molar refractivity (Wildman–Crippen MR) is 84.9 cm³/mol. The number of hydrogen-bond donors (Lipinski definition) is 1. The van der Waals surface area contributed by atoms with Gasteiger partial charge in [-0.3, -0.25) is 0 Å². The van der Waals surface area contributed by atoms with Crippen molar-refractivity contribution in [1.29, 1.82) is 5.26 Å². The molecule has 0 amide bonds. The Morgan fingerprint density at radius 1 is 1.24 bits per heavy atom. The van der Waals surface area contributed by atoms with Gasteiger partial charge >= 0.3 is 0 Å². The van der Waals surface area contributed by atoms with Crippen molar-refractivity contribution in [3.63, 3.8) is 0 Å². The number of hydrogen-bond acceptors (Lipinski definition) is 5. The molecule has 0 aliphatic carbocycles. The maximum Gasteiger partial charge on any atom is 0.141 e. The molecule has 0 saturated carbocycles. The summed E-state index contributed by atoms with van der Waals surface area (Å²) in [5, 5.41) is 12.5. The van der Waals surface area contributed by atoms with Gasteiger partial charge in [-0.15, -0.1) is 0 Å². The van der Waals surface area contributed by atoms with Crippen molar-refractivity contribution < 1.29 is 0 Å². The Balaban J connectivity index is 2.53. The monoisotopic (exact) mass is 281 g/mol. The van der Waals surface area contributed by atoms with E-state index in [9.17, 15) is 5.26 Å². The van der Waals surface area contributed by atoms with Crippen LogP contribution in [0.2, 0.25) is 0 Å². The van der Waals surface area contributed by atoms with Gasteiger partial charge in [-0.25, -0.2) is 9.97 Å². The number of nitrogens with zero attached hydrogens (tertiary/aromatic N) is 4. The highest BCUT2D eigenvalue weighted by atomic mass is 15.2. The largest absolute Gasteiger partial charge is 0.370 e. The van der Waals surface area contributed by atoms with E-state index in [0.29, 0.717) is 11.4 Å². The summed E-state index contributed by atoms with van der Waals surface area (Å²) in [6.45, 7) is 6.69. The Bertz CT molecular complexity index is 688. The Morgan fingerprint density at radius 3 is 2.62 bits per heavy atom. The summed E-state index contributed by atoms with van der Waals surface area (Å²) < 4.78 is 0. The lowest BCUT2D eigenvalue weighted by atomic mass is 10.1. The fourth-order valence-electron chi connectivity index (χ4n) is 2.25. The summed E-state index contributed by atoms with van der Waals surface area (Å²) in [7, 11) is 1.92. The summed E-state index contributed by atoms with van der Waals surface area (Å²) in [6.07, 6.45) is 0. The highest BCUT2D eigenvalue weighted by molar-refractivity contribution is 5.71. The lowest BCUT2D eigenvalue weighted by Crippen LogP contribution is -2.17. The van der Waals surface area contributed by atoms with Gasteiger partial charge in [0.15, 0.2) is 0 Å². The van der Waals surface area contributed by atoms with Crippen molar-refractivity contribution in [1.82, 2.24) is 9.97 Å². The molecule has 0 unspecified atom stereocenters. The SMILES string of the molecule is CCNc1nc(C)nc(N(C)c2ccccc2C#N)c1C. The Morgan fingerprint density at radius 2 is 1.95 bits per heavy atom. The number of aromatic nitrogens is 2. The van der Waals surface area contributed by atoms with Crippen molar-refractivity contribution >= 4 is 17.3 Å². The number of para-hydroxylation sites is 1. The second-order valence-electron chi connectivity index (χ2n) is 4.79. The lowest BCUT2D eigenvalue weighted by molar-refractivity contribution is 0.981. The van der Waals surface area contributed by atoms with Gasteiger partial charge in [0, 0.05) is 19.2 Å². The zero-order chi connectivity index (χ0) is 15.4. The third-order valence-electron chi connectivity index (χ3n) is 3.28. The average Bonchev–Trinajstić information content (AvgIpc) is 2.50. The third-order valence-corrected chi connectivity index (χ3v) is 3.28. The van der Waals surface area contributed by atoms with Crippen LogP contribution in [0.3, 0.4) is 0 Å². The van der Waals surface area contributed by atoms with Gasteiger partial charge in [-0.05, 0) is 32.9 Å². The number of nitriles is 1. The van der Waals surface area contributed by atoms with Crippen LogP contribution in [0.4, 0.5) is 17.3 Å². The van der Waals surface area contributed by atoms with E-state index >= 15 is 0 Å². The summed E-state index contributed by atoms with van der Waals surface area (Å²) >= 11 is 0. The number of aryl methyl sites for hydroxylation is 1. The molecule has 0 radical (unpaired) electrons. The molecule has 0 bridgehead atoms. The fraction of sp³-hybridized carbons (Fsp3) is 0.312. The third kappa shape index (κ3) is 2.95. The summed E-state index contributed by atoms with van der Waals surface area (Å²) in [5.74, 6) is 2.34. The van der Waals surface area contributed by atoms with Crippen LogP contribution in [-0.4, -0.2) is 23.6 Å². The second kappa shape index (κ2) is 6.23. The van der Waals surface area contributed by atoms with Gasteiger partial charge in [-0.1, -0.05) is 12.1 Å². The average molecular weight is 281 g/mol. The Kier molecular flexibility index (Phi) is 4.39. The minimum atomic E-state index is 0.626. The van der Waals surface area contributed by atoms with E-state index < -0.39 is 0 Å². The van der Waals surface area contributed by atoms with Gasteiger partial charge in [0.1, 0.15) is 23.5 Å². The number of nitrogens with one attached hydrogen (secondary N) is 1. The van der Waals surface area contributed by atoms with Crippen LogP contribution in [0.1, 0.15) is 23.9 Å². The van der Waals surface area contributed by atoms with Crippen LogP contribution in [0.15, 0.2) is 24.3 Å². The number of anilines is 3. The molecule has 1 aromatic heterocycles. The smallest absolute Gasteiger partial charge is 0.141 e. The zero-order valence-electron chi connectivity index (χ0n) is 12.8. The normalized spacial score (nSPS) is 10.0. The molecule has 1 heterocycles. The van der Waals surface area contributed by atoms with E-state index in [1.54, 1.807) is 6.07 Å². The van der Waals surface area contributed by atoms with Gasteiger partial charge in [-0.2, -0.15) is 5.26 Å². The van der Waals surface area contributed by atoms with Gasteiger partial charge in [0.25, 0.3) is 0 Å².